The Morgan fingerprint density at radius 2 is 1.90 bits per heavy atom. The number of rotatable bonds is 3. The van der Waals surface area contributed by atoms with Crippen molar-refractivity contribution in [3.05, 3.63) is 30.7 Å². The van der Waals surface area contributed by atoms with E-state index in [0.29, 0.717) is 5.89 Å². The van der Waals surface area contributed by atoms with Gasteiger partial charge in [-0.3, -0.25) is 4.79 Å². The predicted octanol–water partition coefficient (Wildman–Crippen LogP) is 2.72. The molecule has 2 aliphatic carbocycles. The van der Waals surface area contributed by atoms with Crippen molar-refractivity contribution in [3.8, 4) is 11.5 Å². The van der Waals surface area contributed by atoms with Crippen molar-refractivity contribution >= 4 is 11.6 Å². The summed E-state index contributed by atoms with van der Waals surface area (Å²) < 4.78 is 5.13. The second-order valence-corrected chi connectivity index (χ2v) is 5.73. The highest BCUT2D eigenvalue weighted by molar-refractivity contribution is 5.93. The van der Waals surface area contributed by atoms with Gasteiger partial charge in [-0.1, -0.05) is 0 Å². The number of amides is 1. The third-order valence-corrected chi connectivity index (χ3v) is 4.37. The molecule has 5 heteroatoms. The molecule has 102 valence electrons. The first-order valence-electron chi connectivity index (χ1n) is 6.97. The van der Waals surface area contributed by atoms with Crippen molar-refractivity contribution in [2.24, 2.45) is 17.8 Å². The minimum absolute atomic E-state index is 0.155. The molecule has 2 saturated carbocycles. The number of aromatic nitrogens is 2. The van der Waals surface area contributed by atoms with Gasteiger partial charge >= 0.3 is 0 Å². The van der Waals surface area contributed by atoms with E-state index in [9.17, 15) is 4.79 Å². The maximum absolute atomic E-state index is 12.1. The summed E-state index contributed by atoms with van der Waals surface area (Å²) in [5.74, 6) is 2.49. The normalized spacial score (nSPS) is 27.1. The van der Waals surface area contributed by atoms with Gasteiger partial charge in [0.2, 0.25) is 18.2 Å². The van der Waals surface area contributed by atoms with Crippen molar-refractivity contribution in [3.63, 3.8) is 0 Å². The number of hydrogen-bond acceptors (Lipinski definition) is 4. The highest BCUT2D eigenvalue weighted by Crippen LogP contribution is 2.54. The number of anilines is 1. The van der Waals surface area contributed by atoms with E-state index < -0.39 is 0 Å². The van der Waals surface area contributed by atoms with E-state index in [4.69, 9.17) is 4.42 Å². The monoisotopic (exact) mass is 269 g/mol. The van der Waals surface area contributed by atoms with Crippen molar-refractivity contribution in [2.45, 2.75) is 19.3 Å². The third-order valence-electron chi connectivity index (χ3n) is 4.37. The first-order valence-corrected chi connectivity index (χ1v) is 6.97. The number of nitrogens with zero attached hydrogens (tertiary/aromatic N) is 2. The van der Waals surface area contributed by atoms with Gasteiger partial charge in [0.1, 0.15) is 0 Å². The molecular weight excluding hydrogens is 254 g/mol. The lowest BCUT2D eigenvalue weighted by molar-refractivity contribution is -0.120. The third kappa shape index (κ3) is 2.09. The highest BCUT2D eigenvalue weighted by Gasteiger charge is 2.47. The maximum Gasteiger partial charge on any atom is 0.247 e. The van der Waals surface area contributed by atoms with Crippen LogP contribution in [0, 0.1) is 17.8 Å². The number of nitrogens with one attached hydrogen (secondary N) is 1. The predicted molar refractivity (Wildman–Crippen MR) is 72.7 cm³/mol. The van der Waals surface area contributed by atoms with E-state index >= 15 is 0 Å². The van der Waals surface area contributed by atoms with Gasteiger partial charge in [0, 0.05) is 17.2 Å². The zero-order valence-corrected chi connectivity index (χ0v) is 11.0. The van der Waals surface area contributed by atoms with Gasteiger partial charge in [-0.25, -0.2) is 0 Å². The lowest BCUT2D eigenvalue weighted by Gasteiger charge is -2.12. The number of hydrogen-bond donors (Lipinski definition) is 1. The van der Waals surface area contributed by atoms with Crippen LogP contribution in [0.15, 0.2) is 35.1 Å². The fraction of sp³-hybridized carbons (Fsp3) is 0.400. The number of carbonyl (C=O) groups excluding carboxylic acids is 1. The Labute approximate surface area is 116 Å². The van der Waals surface area contributed by atoms with E-state index in [1.54, 1.807) is 0 Å². The van der Waals surface area contributed by atoms with Gasteiger partial charge in [0.15, 0.2) is 0 Å². The average molecular weight is 269 g/mol. The highest BCUT2D eigenvalue weighted by atomic mass is 16.4. The van der Waals surface area contributed by atoms with Crippen LogP contribution in [0.1, 0.15) is 19.3 Å². The van der Waals surface area contributed by atoms with Gasteiger partial charge < -0.3 is 9.73 Å². The van der Waals surface area contributed by atoms with Crippen LogP contribution in [-0.4, -0.2) is 16.1 Å². The van der Waals surface area contributed by atoms with Gasteiger partial charge in [-0.2, -0.15) is 0 Å². The first kappa shape index (κ1) is 11.6. The second kappa shape index (κ2) is 4.44. The average Bonchev–Trinajstić information content (AvgIpc) is 2.92. The van der Waals surface area contributed by atoms with Crippen LogP contribution < -0.4 is 5.32 Å². The Morgan fingerprint density at radius 3 is 2.55 bits per heavy atom. The van der Waals surface area contributed by atoms with E-state index in [-0.39, 0.29) is 11.8 Å². The molecule has 0 spiro atoms. The lowest BCUT2D eigenvalue weighted by atomic mass is 10.0. The van der Waals surface area contributed by atoms with E-state index in [1.165, 1.54) is 12.8 Å². The van der Waals surface area contributed by atoms with Crippen LogP contribution in [0.25, 0.3) is 11.5 Å². The Balaban J connectivity index is 1.42. The molecule has 2 unspecified atom stereocenters. The van der Waals surface area contributed by atoms with Crippen molar-refractivity contribution in [1.29, 1.82) is 0 Å². The molecule has 1 N–H and O–H groups in total. The number of benzene rings is 1. The Kier molecular flexibility index (Phi) is 2.58. The molecule has 1 aromatic carbocycles. The summed E-state index contributed by atoms with van der Waals surface area (Å²) in [5, 5.41) is 10.5. The largest absolute Gasteiger partial charge is 0.423 e. The van der Waals surface area contributed by atoms with Gasteiger partial charge in [0.05, 0.1) is 0 Å². The summed E-state index contributed by atoms with van der Waals surface area (Å²) >= 11 is 0. The summed E-state index contributed by atoms with van der Waals surface area (Å²) in [6, 6.07) is 7.48. The molecule has 1 heterocycles. The van der Waals surface area contributed by atoms with Crippen molar-refractivity contribution < 1.29 is 9.21 Å². The Hall–Kier alpha value is -2.17. The molecule has 0 bridgehead atoms. The topological polar surface area (TPSA) is 68.0 Å². The fourth-order valence-electron chi connectivity index (χ4n) is 3.17. The molecule has 4 rings (SSSR count). The minimum Gasteiger partial charge on any atom is -0.423 e. The fourth-order valence-corrected chi connectivity index (χ4v) is 3.17. The summed E-state index contributed by atoms with van der Waals surface area (Å²) in [7, 11) is 0. The van der Waals surface area contributed by atoms with Gasteiger partial charge in [-0.05, 0) is 55.4 Å². The van der Waals surface area contributed by atoms with Crippen LogP contribution in [0.3, 0.4) is 0 Å². The zero-order valence-electron chi connectivity index (χ0n) is 11.0. The van der Waals surface area contributed by atoms with Crippen molar-refractivity contribution in [1.82, 2.24) is 10.2 Å². The smallest absolute Gasteiger partial charge is 0.247 e. The maximum atomic E-state index is 12.1. The van der Waals surface area contributed by atoms with Crippen LogP contribution in [0.4, 0.5) is 5.69 Å². The molecule has 1 amide bonds. The number of fused-ring (bicyclic) bond motifs is 1. The van der Waals surface area contributed by atoms with E-state index in [0.717, 1.165) is 35.9 Å². The second-order valence-electron chi connectivity index (χ2n) is 5.73. The molecule has 20 heavy (non-hydrogen) atoms. The molecule has 5 nitrogen and oxygen atoms in total. The summed E-state index contributed by atoms with van der Waals surface area (Å²) in [5.41, 5.74) is 1.67. The molecule has 2 atom stereocenters. The molecule has 2 aromatic rings. The molecule has 0 radical (unpaired) electrons. The van der Waals surface area contributed by atoms with Gasteiger partial charge in [-0.15, -0.1) is 10.2 Å². The molecular formula is C15H15N3O2. The summed E-state index contributed by atoms with van der Waals surface area (Å²) in [4.78, 5) is 12.1. The molecule has 2 fully saturated rings. The Morgan fingerprint density at radius 1 is 1.15 bits per heavy atom. The number of carbonyl (C=O) groups is 1. The summed E-state index contributed by atoms with van der Waals surface area (Å²) in [6.07, 6.45) is 4.77. The zero-order chi connectivity index (χ0) is 13.5. The summed E-state index contributed by atoms with van der Waals surface area (Å²) in [6.45, 7) is 0. The Bertz CT molecular complexity index is 611. The van der Waals surface area contributed by atoms with Crippen LogP contribution in [0.2, 0.25) is 0 Å². The molecule has 1 aromatic heterocycles. The molecule has 0 saturated heterocycles. The van der Waals surface area contributed by atoms with Crippen LogP contribution >= 0.6 is 0 Å². The van der Waals surface area contributed by atoms with E-state index in [1.807, 2.05) is 24.3 Å². The van der Waals surface area contributed by atoms with Crippen LogP contribution in [0.5, 0.6) is 0 Å². The standard InChI is InChI=1S/C15H15N3O2/c19-14(12-6-10-5-11(10)7-12)17-13-3-1-9(2-4-13)15-18-16-8-20-15/h1-4,8,10-12H,5-7H2,(H,17,19). The van der Waals surface area contributed by atoms with Crippen LogP contribution in [-0.2, 0) is 4.79 Å². The molecule has 2 aliphatic rings. The van der Waals surface area contributed by atoms with E-state index in [2.05, 4.69) is 15.5 Å². The lowest BCUT2D eigenvalue weighted by Crippen LogP contribution is -2.21. The van der Waals surface area contributed by atoms with Crippen molar-refractivity contribution in [2.75, 3.05) is 5.32 Å². The van der Waals surface area contributed by atoms with Gasteiger partial charge in [0.25, 0.3) is 0 Å². The quantitative estimate of drug-likeness (QED) is 0.930. The minimum atomic E-state index is 0.155. The molecule has 0 aliphatic heterocycles. The first-order chi connectivity index (χ1) is 9.79. The SMILES string of the molecule is O=C(Nc1ccc(-c2nnco2)cc1)C1CC2CC2C1.